The van der Waals surface area contributed by atoms with E-state index in [4.69, 9.17) is 19.9 Å². The summed E-state index contributed by atoms with van der Waals surface area (Å²) in [6, 6.07) is 51.1. The molecule has 0 aliphatic heterocycles. The van der Waals surface area contributed by atoms with Gasteiger partial charge in [-0.1, -0.05) is 141 Å². The lowest BCUT2D eigenvalue weighted by Crippen LogP contribution is -2.14. The van der Waals surface area contributed by atoms with Gasteiger partial charge in [-0.05, 0) is 40.5 Å². The number of hydrogen-bond donors (Lipinski definition) is 0. The molecule has 3 aromatic heterocycles. The van der Waals surface area contributed by atoms with Gasteiger partial charge in [0, 0.05) is 43.1 Å². The molecule has 0 amide bonds. The predicted molar refractivity (Wildman–Crippen MR) is 207 cm³/mol. The summed E-state index contributed by atoms with van der Waals surface area (Å²) >= 11 is 1.75. The molecule has 9 aromatic rings. The van der Waals surface area contributed by atoms with Crippen molar-refractivity contribution in [2.75, 3.05) is 0 Å². The van der Waals surface area contributed by atoms with Crippen molar-refractivity contribution in [3.8, 4) is 56.4 Å². The maximum absolute atomic E-state index is 5.24. The van der Waals surface area contributed by atoms with E-state index in [9.17, 15) is 0 Å². The zero-order valence-corrected chi connectivity index (χ0v) is 28.4. The van der Waals surface area contributed by atoms with Crippen molar-refractivity contribution >= 4 is 42.5 Å². The zero-order valence-electron chi connectivity index (χ0n) is 27.6. The van der Waals surface area contributed by atoms with E-state index < -0.39 is 0 Å². The van der Waals surface area contributed by atoms with Crippen LogP contribution < -0.4 is 0 Å². The molecule has 5 heteroatoms. The van der Waals surface area contributed by atoms with E-state index >= 15 is 0 Å². The molecule has 0 fully saturated rings. The molecule has 0 N–H and O–H groups in total. The topological polar surface area (TPSA) is 51.6 Å². The molecular weight excluding hydrogens is 629 g/mol. The van der Waals surface area contributed by atoms with E-state index in [1.165, 1.54) is 27.0 Å². The summed E-state index contributed by atoms with van der Waals surface area (Å²) in [4.78, 5) is 20.6. The fraction of sp³-hybridized carbons (Fsp3) is 0.0667. The normalized spacial score (nSPS) is 13.2. The van der Waals surface area contributed by atoms with Crippen molar-refractivity contribution in [3.05, 3.63) is 157 Å². The second-order valence-electron chi connectivity index (χ2n) is 13.5. The minimum absolute atomic E-state index is 0.0474. The highest BCUT2D eigenvalue weighted by Gasteiger charge is 2.35. The smallest absolute Gasteiger partial charge is 0.160 e. The molecule has 10 rings (SSSR count). The van der Waals surface area contributed by atoms with Gasteiger partial charge in [-0.2, -0.15) is 0 Å². The molecule has 0 radical (unpaired) electrons. The van der Waals surface area contributed by atoms with Gasteiger partial charge in [0.15, 0.2) is 11.6 Å². The average Bonchev–Trinajstić information content (AvgIpc) is 3.66. The molecular formula is C45H30N4S. The van der Waals surface area contributed by atoms with Crippen LogP contribution >= 0.6 is 11.3 Å². The number of thiophene rings is 1. The first-order chi connectivity index (χ1) is 24.5. The lowest BCUT2D eigenvalue weighted by molar-refractivity contribution is 0.660. The van der Waals surface area contributed by atoms with Gasteiger partial charge in [-0.25, -0.2) is 19.9 Å². The molecule has 0 unspecified atom stereocenters. The van der Waals surface area contributed by atoms with Gasteiger partial charge in [-0.15, -0.1) is 11.3 Å². The monoisotopic (exact) mass is 658 g/mol. The highest BCUT2D eigenvalue weighted by atomic mass is 32.1. The highest BCUT2D eigenvalue weighted by Crippen LogP contribution is 2.49. The van der Waals surface area contributed by atoms with Gasteiger partial charge < -0.3 is 0 Å². The molecule has 3 heterocycles. The van der Waals surface area contributed by atoms with Crippen LogP contribution in [0.3, 0.4) is 0 Å². The fourth-order valence-corrected chi connectivity index (χ4v) is 8.73. The number of benzene rings is 6. The number of fused-ring (bicyclic) bond motifs is 7. The van der Waals surface area contributed by atoms with Crippen LogP contribution in [0.15, 0.2) is 146 Å². The van der Waals surface area contributed by atoms with Crippen LogP contribution in [-0.4, -0.2) is 19.9 Å². The van der Waals surface area contributed by atoms with Gasteiger partial charge in [0.1, 0.15) is 0 Å². The summed E-state index contributed by atoms with van der Waals surface area (Å²) in [6.45, 7) is 4.61. The largest absolute Gasteiger partial charge is 0.228 e. The Morgan fingerprint density at radius 3 is 1.94 bits per heavy atom. The van der Waals surface area contributed by atoms with Gasteiger partial charge in [0.05, 0.1) is 27.1 Å². The Bertz CT molecular complexity index is 2780. The van der Waals surface area contributed by atoms with Gasteiger partial charge in [0.2, 0.25) is 0 Å². The molecule has 0 spiro atoms. The first-order valence-electron chi connectivity index (χ1n) is 16.9. The van der Waals surface area contributed by atoms with Crippen molar-refractivity contribution in [3.63, 3.8) is 0 Å². The second kappa shape index (κ2) is 11.0. The number of para-hydroxylation sites is 1. The third-order valence-corrected chi connectivity index (χ3v) is 11.3. The molecule has 0 bridgehead atoms. The van der Waals surface area contributed by atoms with Crippen molar-refractivity contribution in [1.29, 1.82) is 0 Å². The Morgan fingerprint density at radius 1 is 0.460 bits per heavy atom. The number of rotatable bonds is 4. The first kappa shape index (κ1) is 28.9. The van der Waals surface area contributed by atoms with Gasteiger partial charge in [-0.3, -0.25) is 0 Å². The molecule has 236 valence electrons. The molecule has 1 aliphatic rings. The van der Waals surface area contributed by atoms with E-state index in [-0.39, 0.29) is 5.41 Å². The van der Waals surface area contributed by atoms with E-state index in [0.717, 1.165) is 66.0 Å². The third kappa shape index (κ3) is 4.44. The summed E-state index contributed by atoms with van der Waals surface area (Å²) in [5, 5.41) is 2.17. The van der Waals surface area contributed by atoms with Crippen molar-refractivity contribution in [2.45, 2.75) is 19.3 Å². The van der Waals surface area contributed by atoms with E-state index in [0.29, 0.717) is 5.82 Å². The van der Waals surface area contributed by atoms with E-state index in [1.807, 2.05) is 12.1 Å². The van der Waals surface area contributed by atoms with Crippen LogP contribution in [0, 0.1) is 0 Å². The maximum Gasteiger partial charge on any atom is 0.160 e. The van der Waals surface area contributed by atoms with Crippen molar-refractivity contribution < 1.29 is 0 Å². The average molecular weight is 659 g/mol. The minimum atomic E-state index is -0.0474. The number of aromatic nitrogens is 4. The summed E-state index contributed by atoms with van der Waals surface area (Å²) in [6.07, 6.45) is 0. The van der Waals surface area contributed by atoms with Gasteiger partial charge >= 0.3 is 0 Å². The van der Waals surface area contributed by atoms with Crippen LogP contribution in [0.5, 0.6) is 0 Å². The molecule has 1 aliphatic carbocycles. The minimum Gasteiger partial charge on any atom is -0.228 e. The summed E-state index contributed by atoms with van der Waals surface area (Å²) in [5.41, 5.74) is 13.1. The standard InChI is InChI=1S/C45H30N4S/c1-45(2)35-17-9-6-14-31(35)34-26-30(24-25-36(34)45)44-46-37-18-10-7-15-32(37)39(47-44)28-20-22-29(23-21-28)43-48-40(27-12-4-3-5-13-27)42-41(49-43)33-16-8-11-19-38(33)50-42/h3-26H,1-2H3. The Kier molecular flexibility index (Phi) is 6.36. The maximum atomic E-state index is 5.24. The Morgan fingerprint density at radius 2 is 1.08 bits per heavy atom. The van der Waals surface area contributed by atoms with Crippen LogP contribution in [-0.2, 0) is 5.41 Å². The molecule has 0 atom stereocenters. The summed E-state index contributed by atoms with van der Waals surface area (Å²) in [7, 11) is 0. The fourth-order valence-electron chi connectivity index (χ4n) is 7.57. The van der Waals surface area contributed by atoms with Crippen molar-refractivity contribution in [1.82, 2.24) is 19.9 Å². The quantitative estimate of drug-likeness (QED) is 0.189. The third-order valence-electron chi connectivity index (χ3n) is 10.1. The first-order valence-corrected chi connectivity index (χ1v) is 17.7. The van der Waals surface area contributed by atoms with Crippen LogP contribution in [0.4, 0.5) is 0 Å². The Balaban J connectivity index is 1.09. The van der Waals surface area contributed by atoms with Crippen LogP contribution in [0.2, 0.25) is 0 Å². The lowest BCUT2D eigenvalue weighted by atomic mass is 9.82. The van der Waals surface area contributed by atoms with Crippen LogP contribution in [0.1, 0.15) is 25.0 Å². The Labute approximate surface area is 293 Å². The molecule has 4 nitrogen and oxygen atoms in total. The van der Waals surface area contributed by atoms with Gasteiger partial charge in [0.25, 0.3) is 0 Å². The van der Waals surface area contributed by atoms with E-state index in [2.05, 4.69) is 147 Å². The number of nitrogens with zero attached hydrogens (tertiary/aromatic N) is 4. The van der Waals surface area contributed by atoms with Crippen LogP contribution in [0.25, 0.3) is 87.6 Å². The predicted octanol–water partition coefficient (Wildman–Crippen LogP) is 11.8. The highest BCUT2D eigenvalue weighted by molar-refractivity contribution is 7.26. The van der Waals surface area contributed by atoms with Crippen molar-refractivity contribution in [2.24, 2.45) is 0 Å². The molecule has 50 heavy (non-hydrogen) atoms. The lowest BCUT2D eigenvalue weighted by Gasteiger charge is -2.21. The van der Waals surface area contributed by atoms with E-state index in [1.54, 1.807) is 11.3 Å². The second-order valence-corrected chi connectivity index (χ2v) is 14.5. The SMILES string of the molecule is CC1(C)c2ccccc2-c2cc(-c3nc(-c4ccc(-c5nc(-c6ccccc6)c6sc7ccccc7c6n5)cc4)c4ccccc4n3)ccc21. The molecule has 0 saturated heterocycles. The molecule has 6 aromatic carbocycles. The Hall–Kier alpha value is -6.04. The zero-order chi connectivity index (χ0) is 33.4. The number of hydrogen-bond acceptors (Lipinski definition) is 5. The molecule has 0 saturated carbocycles. The summed E-state index contributed by atoms with van der Waals surface area (Å²) in [5.74, 6) is 1.43. The summed E-state index contributed by atoms with van der Waals surface area (Å²) < 4.78 is 2.32.